The van der Waals surface area contributed by atoms with Gasteiger partial charge in [-0.15, -0.1) is 0 Å². The number of alkyl halides is 3. The van der Waals surface area contributed by atoms with Crippen molar-refractivity contribution < 1.29 is 36.9 Å². The third kappa shape index (κ3) is 9.72. The lowest BCUT2D eigenvalue weighted by Crippen LogP contribution is -2.61. The molecule has 6 nitrogen and oxygen atoms in total. The molecule has 0 radical (unpaired) electrons. The molecule has 9 heteroatoms. The first kappa shape index (κ1) is 30.8. The molecular weight excluding hydrogens is 511 g/mol. The summed E-state index contributed by atoms with van der Waals surface area (Å²) in [5.41, 5.74) is 0.241. The van der Waals surface area contributed by atoms with Crippen molar-refractivity contribution in [3.05, 3.63) is 64.7 Å². The van der Waals surface area contributed by atoms with Gasteiger partial charge in [-0.3, -0.25) is 0 Å². The number of halogens is 3. The third-order valence-corrected chi connectivity index (χ3v) is 6.35. The van der Waals surface area contributed by atoms with E-state index in [4.69, 9.17) is 18.9 Å². The zero-order valence-electron chi connectivity index (χ0n) is 23.7. The van der Waals surface area contributed by atoms with Crippen molar-refractivity contribution in [3.8, 4) is 5.75 Å². The van der Waals surface area contributed by atoms with Crippen LogP contribution in [0.1, 0.15) is 69.7 Å². The first-order valence-electron chi connectivity index (χ1n) is 13.2. The fraction of sp³-hybridized carbons (Fsp3) is 0.567. The van der Waals surface area contributed by atoms with E-state index in [-0.39, 0.29) is 38.4 Å². The molecule has 0 spiro atoms. The van der Waals surface area contributed by atoms with Gasteiger partial charge in [0.15, 0.2) is 5.79 Å². The highest BCUT2D eigenvalue weighted by molar-refractivity contribution is 5.69. The fourth-order valence-corrected chi connectivity index (χ4v) is 4.30. The predicted molar refractivity (Wildman–Crippen MR) is 143 cm³/mol. The number of rotatable bonds is 9. The Balaban J connectivity index is 1.68. The maximum absolute atomic E-state index is 13.9. The molecular formula is C30H40F3NO5. The minimum atomic E-state index is -4.57. The van der Waals surface area contributed by atoms with Crippen molar-refractivity contribution in [3.63, 3.8) is 0 Å². The van der Waals surface area contributed by atoms with E-state index < -0.39 is 34.8 Å². The molecule has 0 saturated carbocycles. The quantitative estimate of drug-likeness (QED) is 0.340. The van der Waals surface area contributed by atoms with Crippen molar-refractivity contribution in [2.45, 2.75) is 90.3 Å². The van der Waals surface area contributed by atoms with Gasteiger partial charge in [-0.1, -0.05) is 35.9 Å². The van der Waals surface area contributed by atoms with E-state index >= 15 is 0 Å². The number of benzene rings is 2. The summed E-state index contributed by atoms with van der Waals surface area (Å²) in [5.74, 6) is -1.02. The zero-order chi connectivity index (χ0) is 28.9. The van der Waals surface area contributed by atoms with Gasteiger partial charge in [0.1, 0.15) is 11.4 Å². The second kappa shape index (κ2) is 12.2. The van der Waals surface area contributed by atoms with Gasteiger partial charge >= 0.3 is 12.3 Å². The lowest BCUT2D eigenvalue weighted by molar-refractivity contribution is -0.271. The topological polar surface area (TPSA) is 66.0 Å². The highest BCUT2D eigenvalue weighted by Crippen LogP contribution is 2.38. The van der Waals surface area contributed by atoms with E-state index in [9.17, 15) is 18.0 Å². The van der Waals surface area contributed by atoms with E-state index in [2.05, 4.69) is 11.4 Å². The summed E-state index contributed by atoms with van der Waals surface area (Å²) in [7, 11) is 0. The predicted octanol–water partition coefficient (Wildman–Crippen LogP) is 7.00. The first-order chi connectivity index (χ1) is 18.1. The van der Waals surface area contributed by atoms with Crippen LogP contribution in [0.5, 0.6) is 5.75 Å². The molecule has 1 saturated heterocycles. The van der Waals surface area contributed by atoms with Crippen molar-refractivity contribution in [2.24, 2.45) is 0 Å². The van der Waals surface area contributed by atoms with Crippen molar-refractivity contribution >= 4 is 6.09 Å². The molecule has 1 heterocycles. The molecule has 0 aromatic heterocycles. The molecule has 1 aliphatic heterocycles. The number of nitrogens with one attached hydrogen (secondary N) is 1. The van der Waals surface area contributed by atoms with Crippen molar-refractivity contribution in [1.82, 2.24) is 5.32 Å². The Morgan fingerprint density at radius 1 is 1.00 bits per heavy atom. The number of hydrogen-bond acceptors (Lipinski definition) is 5. The fourth-order valence-electron chi connectivity index (χ4n) is 4.30. The molecule has 1 fully saturated rings. The summed E-state index contributed by atoms with van der Waals surface area (Å²) in [5, 5.41) is 2.85. The second-order valence-corrected chi connectivity index (χ2v) is 11.7. The van der Waals surface area contributed by atoms with Gasteiger partial charge in [0.25, 0.3) is 0 Å². The molecule has 39 heavy (non-hydrogen) atoms. The highest BCUT2D eigenvalue weighted by atomic mass is 19.4. The van der Waals surface area contributed by atoms with Crippen LogP contribution >= 0.6 is 0 Å². The van der Waals surface area contributed by atoms with Crippen LogP contribution in [0.2, 0.25) is 0 Å². The highest BCUT2D eigenvalue weighted by Gasteiger charge is 2.42. The lowest BCUT2D eigenvalue weighted by atomic mass is 9.91. The van der Waals surface area contributed by atoms with Crippen LogP contribution in [-0.4, -0.2) is 42.8 Å². The minimum Gasteiger partial charge on any atom is -0.493 e. The van der Waals surface area contributed by atoms with Crippen LogP contribution in [0.25, 0.3) is 0 Å². The Labute approximate surface area is 229 Å². The number of ether oxygens (including phenoxy) is 4. The molecule has 0 bridgehead atoms. The SMILES string of the molecule is Cc1cccc(CCCOc2ccc(CCC3(NC(=O)OC(C)(C)C)COC(C)(C)OC3)cc2C(F)(F)F)c1. The van der Waals surface area contributed by atoms with Crippen LogP contribution < -0.4 is 10.1 Å². The van der Waals surface area contributed by atoms with Crippen molar-refractivity contribution in [1.29, 1.82) is 0 Å². The second-order valence-electron chi connectivity index (χ2n) is 11.7. The number of carbonyl (C=O) groups is 1. The smallest absolute Gasteiger partial charge is 0.419 e. The standard InChI is InChI=1S/C30H40F3NO5/c1-21-9-7-10-22(17-21)11-8-16-36-25-13-12-23(18-24(25)30(31,32)33)14-15-29(19-37-28(5,6)38-20-29)34-26(35)39-27(2,3)4/h7,9-10,12-13,17-18H,8,11,14-16,19-20H2,1-6H3,(H,34,35). The van der Waals surface area contributed by atoms with Gasteiger partial charge in [0.05, 0.1) is 30.9 Å². The maximum Gasteiger partial charge on any atom is 0.419 e. The number of hydrogen-bond donors (Lipinski definition) is 1. The van der Waals surface area contributed by atoms with Crippen LogP contribution in [0, 0.1) is 6.92 Å². The van der Waals surface area contributed by atoms with E-state index in [1.165, 1.54) is 6.07 Å². The molecule has 216 valence electrons. The third-order valence-electron chi connectivity index (χ3n) is 6.35. The molecule has 0 atom stereocenters. The molecule has 0 unspecified atom stereocenters. The Bertz CT molecular complexity index is 1110. The number of aryl methyl sites for hydroxylation is 3. The number of carbonyl (C=O) groups excluding carboxylic acids is 1. The average molecular weight is 552 g/mol. The monoisotopic (exact) mass is 551 g/mol. The van der Waals surface area contributed by atoms with Gasteiger partial charge in [0, 0.05) is 0 Å². The Kier molecular flexibility index (Phi) is 9.60. The summed E-state index contributed by atoms with van der Waals surface area (Å²) in [6, 6.07) is 12.1. The van der Waals surface area contributed by atoms with Crippen LogP contribution in [0.4, 0.5) is 18.0 Å². The average Bonchev–Trinajstić information content (AvgIpc) is 2.81. The molecule has 3 rings (SSSR count). The van der Waals surface area contributed by atoms with Gasteiger partial charge in [-0.05, 0) is 90.5 Å². The lowest BCUT2D eigenvalue weighted by Gasteiger charge is -2.44. The van der Waals surface area contributed by atoms with E-state index in [1.807, 2.05) is 25.1 Å². The van der Waals surface area contributed by atoms with Gasteiger partial charge in [-0.25, -0.2) is 4.79 Å². The van der Waals surface area contributed by atoms with Crippen LogP contribution in [-0.2, 0) is 33.2 Å². The maximum atomic E-state index is 13.9. The van der Waals surface area contributed by atoms with E-state index in [0.29, 0.717) is 12.0 Å². The van der Waals surface area contributed by atoms with Crippen LogP contribution in [0.15, 0.2) is 42.5 Å². The first-order valence-corrected chi connectivity index (χ1v) is 13.2. The van der Waals surface area contributed by atoms with E-state index in [1.54, 1.807) is 40.7 Å². The summed E-state index contributed by atoms with van der Waals surface area (Å²) in [4.78, 5) is 12.6. The number of alkyl carbamates (subject to hydrolysis) is 1. The Morgan fingerprint density at radius 3 is 2.28 bits per heavy atom. The molecule has 2 aromatic rings. The van der Waals surface area contributed by atoms with Crippen molar-refractivity contribution in [2.75, 3.05) is 19.8 Å². The summed E-state index contributed by atoms with van der Waals surface area (Å²) in [6.07, 6.45) is -3.36. The van der Waals surface area contributed by atoms with Crippen LogP contribution in [0.3, 0.4) is 0 Å². The van der Waals surface area contributed by atoms with E-state index in [0.717, 1.165) is 23.6 Å². The number of amides is 1. The largest absolute Gasteiger partial charge is 0.493 e. The normalized spacial score (nSPS) is 16.9. The Morgan fingerprint density at radius 2 is 1.67 bits per heavy atom. The summed E-state index contributed by atoms with van der Waals surface area (Å²) >= 11 is 0. The molecule has 1 aliphatic rings. The molecule has 2 aromatic carbocycles. The summed E-state index contributed by atoms with van der Waals surface area (Å²) in [6.45, 7) is 11.2. The molecule has 1 N–H and O–H groups in total. The van der Waals surface area contributed by atoms with Gasteiger partial charge in [-0.2, -0.15) is 13.2 Å². The van der Waals surface area contributed by atoms with Gasteiger partial charge in [0.2, 0.25) is 0 Å². The summed E-state index contributed by atoms with van der Waals surface area (Å²) < 4.78 is 64.4. The zero-order valence-corrected chi connectivity index (χ0v) is 23.7. The molecule has 0 aliphatic carbocycles. The minimum absolute atomic E-state index is 0.132. The molecule has 1 amide bonds. The van der Waals surface area contributed by atoms with Gasteiger partial charge < -0.3 is 24.3 Å². The Hall–Kier alpha value is -2.78.